The van der Waals surface area contributed by atoms with Gasteiger partial charge in [0.25, 0.3) is 5.91 Å². The number of anilines is 2. The average molecular weight is 292 g/mol. The monoisotopic (exact) mass is 292 g/mol. The molecule has 0 aromatic heterocycles. The maximum atomic E-state index is 12.2. The van der Waals surface area contributed by atoms with Gasteiger partial charge >= 0.3 is 0 Å². The lowest BCUT2D eigenvalue weighted by Gasteiger charge is -2.28. The molecule has 2 rings (SSSR count). The first-order valence-electron chi connectivity index (χ1n) is 7.36. The molecule has 0 bridgehead atoms. The smallest absolute Gasteiger partial charge is 0.252 e. The van der Waals surface area contributed by atoms with Crippen LogP contribution in [0.4, 0.5) is 11.4 Å². The molecule has 116 valence electrons. The number of hydrogen-bond acceptors (Lipinski definition) is 4. The minimum absolute atomic E-state index is 0.0562. The Hall–Kier alpha value is -1.59. The number of amides is 1. The van der Waals surface area contributed by atoms with E-state index in [1.165, 1.54) is 0 Å². The van der Waals surface area contributed by atoms with E-state index in [0.29, 0.717) is 5.69 Å². The summed E-state index contributed by atoms with van der Waals surface area (Å²) in [5.41, 5.74) is 7.15. The summed E-state index contributed by atoms with van der Waals surface area (Å²) in [5, 5.41) is 0. The highest BCUT2D eigenvalue weighted by atomic mass is 16.5. The Bertz CT molecular complexity index is 461. The predicted molar refractivity (Wildman–Crippen MR) is 83.3 cm³/mol. The van der Waals surface area contributed by atoms with Gasteiger partial charge in [0.2, 0.25) is 0 Å². The lowest BCUT2D eigenvalue weighted by molar-refractivity contribution is -0.126. The van der Waals surface area contributed by atoms with Gasteiger partial charge in [-0.25, -0.2) is 0 Å². The molecular formula is C16H24N2O3. The fraction of sp³-hybridized carbons (Fsp3) is 0.562. The number of rotatable bonds is 5. The van der Waals surface area contributed by atoms with E-state index < -0.39 is 0 Å². The molecule has 0 heterocycles. The number of nitrogens with two attached hydrogens (primary N) is 1. The third kappa shape index (κ3) is 4.44. The van der Waals surface area contributed by atoms with Crippen molar-refractivity contribution in [3.63, 3.8) is 0 Å². The van der Waals surface area contributed by atoms with Gasteiger partial charge in [0.05, 0.1) is 12.2 Å². The summed E-state index contributed by atoms with van der Waals surface area (Å²) in [6.45, 7) is 0.0992. The molecule has 0 saturated heterocycles. The zero-order valence-electron chi connectivity index (χ0n) is 12.7. The highest BCUT2D eigenvalue weighted by Crippen LogP contribution is 2.23. The lowest BCUT2D eigenvalue weighted by atomic mass is 9.95. The highest BCUT2D eigenvalue weighted by Gasteiger charge is 2.23. The van der Waals surface area contributed by atoms with Crippen LogP contribution in [0.25, 0.3) is 0 Å². The summed E-state index contributed by atoms with van der Waals surface area (Å²) in [7, 11) is 3.48. The molecule has 2 unspecified atom stereocenters. The number of ether oxygens (including phenoxy) is 2. The molecule has 5 heteroatoms. The van der Waals surface area contributed by atoms with E-state index in [1.807, 2.05) is 12.1 Å². The Morgan fingerprint density at radius 1 is 1.29 bits per heavy atom. The predicted octanol–water partition coefficient (Wildman–Crippen LogP) is 2.21. The van der Waals surface area contributed by atoms with Crippen LogP contribution in [-0.2, 0) is 14.3 Å². The van der Waals surface area contributed by atoms with Gasteiger partial charge in [0.1, 0.15) is 6.61 Å². The van der Waals surface area contributed by atoms with Crippen molar-refractivity contribution in [2.24, 2.45) is 0 Å². The van der Waals surface area contributed by atoms with Gasteiger partial charge in [-0.2, -0.15) is 0 Å². The zero-order valence-corrected chi connectivity index (χ0v) is 12.7. The fourth-order valence-corrected chi connectivity index (χ4v) is 2.60. The topological polar surface area (TPSA) is 64.8 Å². The molecule has 21 heavy (non-hydrogen) atoms. The fourth-order valence-electron chi connectivity index (χ4n) is 2.60. The Kier molecular flexibility index (Phi) is 5.59. The molecule has 2 N–H and O–H groups in total. The molecule has 1 aromatic rings. The largest absolute Gasteiger partial charge is 0.399 e. The van der Waals surface area contributed by atoms with Gasteiger partial charge in [-0.1, -0.05) is 0 Å². The van der Waals surface area contributed by atoms with Gasteiger partial charge < -0.3 is 20.1 Å². The number of hydrogen-bond donors (Lipinski definition) is 1. The van der Waals surface area contributed by atoms with Crippen molar-refractivity contribution in [3.8, 4) is 0 Å². The van der Waals surface area contributed by atoms with E-state index in [9.17, 15) is 4.79 Å². The number of carbonyl (C=O) groups excluding carboxylic acids is 1. The molecule has 0 aliphatic heterocycles. The molecule has 1 aromatic carbocycles. The number of benzene rings is 1. The molecule has 1 saturated carbocycles. The first kappa shape index (κ1) is 15.8. The third-order valence-electron chi connectivity index (χ3n) is 4.01. The summed E-state index contributed by atoms with van der Waals surface area (Å²) < 4.78 is 11.1. The van der Waals surface area contributed by atoms with Crippen molar-refractivity contribution in [3.05, 3.63) is 24.3 Å². The second kappa shape index (κ2) is 7.43. The van der Waals surface area contributed by atoms with E-state index in [2.05, 4.69) is 0 Å². The normalized spacial score (nSPS) is 22.0. The Morgan fingerprint density at radius 2 is 1.95 bits per heavy atom. The van der Waals surface area contributed by atoms with E-state index in [-0.39, 0.29) is 24.7 Å². The average Bonchev–Trinajstić information content (AvgIpc) is 2.53. The summed E-state index contributed by atoms with van der Waals surface area (Å²) in [5.74, 6) is -0.0562. The number of nitrogens with zero attached hydrogens (tertiary/aromatic N) is 1. The molecule has 0 spiro atoms. The summed E-state index contributed by atoms with van der Waals surface area (Å²) in [6.07, 6.45) is 4.41. The number of carbonyl (C=O) groups is 1. The van der Waals surface area contributed by atoms with Crippen molar-refractivity contribution in [1.29, 1.82) is 0 Å². The SMILES string of the molecule is COC1CCCC(OCC(=O)N(C)c2ccc(N)cc2)C1. The molecule has 1 aliphatic rings. The third-order valence-corrected chi connectivity index (χ3v) is 4.01. The van der Waals surface area contributed by atoms with Crippen LogP contribution in [0.2, 0.25) is 0 Å². The first-order chi connectivity index (χ1) is 10.1. The van der Waals surface area contributed by atoms with Gasteiger partial charge in [0, 0.05) is 25.5 Å². The van der Waals surface area contributed by atoms with Crippen molar-refractivity contribution in [1.82, 2.24) is 0 Å². The minimum atomic E-state index is -0.0562. The molecular weight excluding hydrogens is 268 g/mol. The number of methoxy groups -OCH3 is 1. The standard InChI is InChI=1S/C16H24N2O3/c1-18(13-8-6-12(17)7-9-13)16(19)11-21-15-5-3-4-14(10-15)20-2/h6-9,14-15H,3-5,10-11,17H2,1-2H3. The maximum Gasteiger partial charge on any atom is 0.252 e. The molecule has 0 radical (unpaired) electrons. The summed E-state index contributed by atoms with van der Waals surface area (Å²) in [4.78, 5) is 13.8. The second-order valence-corrected chi connectivity index (χ2v) is 5.50. The maximum absolute atomic E-state index is 12.2. The molecule has 1 amide bonds. The second-order valence-electron chi connectivity index (χ2n) is 5.50. The van der Waals surface area contributed by atoms with Crippen molar-refractivity contribution in [2.45, 2.75) is 37.9 Å². The van der Waals surface area contributed by atoms with Crippen LogP contribution in [0.3, 0.4) is 0 Å². The quantitative estimate of drug-likeness (QED) is 0.845. The van der Waals surface area contributed by atoms with Gasteiger partial charge in [-0.3, -0.25) is 4.79 Å². The molecule has 5 nitrogen and oxygen atoms in total. The number of nitrogen functional groups attached to an aromatic ring is 1. The summed E-state index contributed by atoms with van der Waals surface area (Å²) in [6, 6.07) is 7.22. The Morgan fingerprint density at radius 3 is 2.62 bits per heavy atom. The summed E-state index contributed by atoms with van der Waals surface area (Å²) >= 11 is 0. The van der Waals surface area contributed by atoms with E-state index in [4.69, 9.17) is 15.2 Å². The molecule has 1 fully saturated rings. The Labute approximate surface area is 126 Å². The molecule has 1 aliphatic carbocycles. The van der Waals surface area contributed by atoms with E-state index in [0.717, 1.165) is 31.4 Å². The van der Waals surface area contributed by atoms with Crippen LogP contribution in [0.15, 0.2) is 24.3 Å². The zero-order chi connectivity index (χ0) is 15.2. The van der Waals surface area contributed by atoms with E-state index >= 15 is 0 Å². The van der Waals surface area contributed by atoms with Crippen molar-refractivity contribution < 1.29 is 14.3 Å². The number of likely N-dealkylation sites (N-methyl/N-ethyl adjacent to an activating group) is 1. The first-order valence-corrected chi connectivity index (χ1v) is 7.36. The van der Waals surface area contributed by atoms with Crippen molar-refractivity contribution >= 4 is 17.3 Å². The van der Waals surface area contributed by atoms with Gasteiger partial charge in [-0.05, 0) is 49.9 Å². The van der Waals surface area contributed by atoms with Crippen LogP contribution < -0.4 is 10.6 Å². The van der Waals surface area contributed by atoms with Gasteiger partial charge in [0.15, 0.2) is 0 Å². The van der Waals surface area contributed by atoms with Gasteiger partial charge in [-0.15, -0.1) is 0 Å². The van der Waals surface area contributed by atoms with Crippen LogP contribution in [0.1, 0.15) is 25.7 Å². The highest BCUT2D eigenvalue weighted by molar-refractivity contribution is 5.93. The van der Waals surface area contributed by atoms with Crippen LogP contribution in [-0.4, -0.2) is 38.9 Å². The van der Waals surface area contributed by atoms with Crippen LogP contribution in [0.5, 0.6) is 0 Å². The molecule has 2 atom stereocenters. The van der Waals surface area contributed by atoms with Crippen LogP contribution in [0, 0.1) is 0 Å². The van der Waals surface area contributed by atoms with E-state index in [1.54, 1.807) is 31.2 Å². The minimum Gasteiger partial charge on any atom is -0.399 e. The van der Waals surface area contributed by atoms with Crippen molar-refractivity contribution in [2.75, 3.05) is 31.4 Å². The lowest BCUT2D eigenvalue weighted by Crippen LogP contribution is -2.34. The van der Waals surface area contributed by atoms with Crippen LogP contribution >= 0.6 is 0 Å². The Balaban J connectivity index is 1.82.